The SMILES string of the molecule is CCOCOc1cc(C2CC2)ccc1B(O)O. The van der Waals surface area contributed by atoms with Crippen molar-refractivity contribution < 1.29 is 19.5 Å². The van der Waals surface area contributed by atoms with Crippen molar-refractivity contribution in [3.05, 3.63) is 23.8 Å². The van der Waals surface area contributed by atoms with Gasteiger partial charge >= 0.3 is 7.12 Å². The van der Waals surface area contributed by atoms with E-state index in [0.29, 0.717) is 23.7 Å². The molecule has 92 valence electrons. The molecule has 0 atom stereocenters. The molecule has 17 heavy (non-hydrogen) atoms. The van der Waals surface area contributed by atoms with Gasteiger partial charge in [0, 0.05) is 12.1 Å². The highest BCUT2D eigenvalue weighted by Gasteiger charge is 2.26. The van der Waals surface area contributed by atoms with Gasteiger partial charge in [0.1, 0.15) is 5.75 Å². The van der Waals surface area contributed by atoms with Gasteiger partial charge in [-0.1, -0.05) is 12.1 Å². The highest BCUT2D eigenvalue weighted by molar-refractivity contribution is 6.59. The van der Waals surface area contributed by atoms with Crippen molar-refractivity contribution in [1.29, 1.82) is 0 Å². The summed E-state index contributed by atoms with van der Waals surface area (Å²) in [5, 5.41) is 18.5. The van der Waals surface area contributed by atoms with Crippen molar-refractivity contribution in [3.63, 3.8) is 0 Å². The summed E-state index contributed by atoms with van der Waals surface area (Å²) in [6, 6.07) is 5.52. The Morgan fingerprint density at radius 2 is 2.12 bits per heavy atom. The molecule has 1 aliphatic rings. The summed E-state index contributed by atoms with van der Waals surface area (Å²) in [4.78, 5) is 0. The number of ether oxygens (including phenoxy) is 2. The van der Waals surface area contributed by atoms with Gasteiger partial charge in [0.05, 0.1) is 0 Å². The average Bonchev–Trinajstić information content (AvgIpc) is 3.13. The van der Waals surface area contributed by atoms with Crippen LogP contribution in [-0.2, 0) is 4.74 Å². The zero-order valence-electron chi connectivity index (χ0n) is 9.93. The lowest BCUT2D eigenvalue weighted by atomic mass is 9.79. The molecule has 0 saturated heterocycles. The van der Waals surface area contributed by atoms with Gasteiger partial charge in [0.2, 0.25) is 0 Å². The van der Waals surface area contributed by atoms with Crippen LogP contribution in [0.25, 0.3) is 0 Å². The maximum Gasteiger partial charge on any atom is 0.492 e. The zero-order valence-corrected chi connectivity index (χ0v) is 9.93. The molecule has 0 aromatic heterocycles. The lowest BCUT2D eigenvalue weighted by Gasteiger charge is -2.12. The maximum absolute atomic E-state index is 9.24. The Balaban J connectivity index is 2.14. The van der Waals surface area contributed by atoms with E-state index < -0.39 is 7.12 Å². The predicted molar refractivity (Wildman–Crippen MR) is 65.4 cm³/mol. The molecule has 2 N–H and O–H groups in total. The Morgan fingerprint density at radius 3 is 2.71 bits per heavy atom. The predicted octanol–water partition coefficient (Wildman–Crippen LogP) is 0.617. The third kappa shape index (κ3) is 3.22. The van der Waals surface area contributed by atoms with E-state index in [0.717, 1.165) is 0 Å². The van der Waals surface area contributed by atoms with Gasteiger partial charge in [-0.2, -0.15) is 0 Å². The molecule has 1 saturated carbocycles. The molecule has 4 nitrogen and oxygen atoms in total. The number of hydrogen-bond acceptors (Lipinski definition) is 4. The van der Waals surface area contributed by atoms with Gasteiger partial charge in [0.15, 0.2) is 6.79 Å². The van der Waals surface area contributed by atoms with Gasteiger partial charge in [-0.05, 0) is 37.3 Å². The van der Waals surface area contributed by atoms with Gasteiger partial charge in [0.25, 0.3) is 0 Å². The van der Waals surface area contributed by atoms with E-state index in [1.165, 1.54) is 18.4 Å². The number of rotatable bonds is 6. The molecule has 0 heterocycles. The number of hydrogen-bond donors (Lipinski definition) is 2. The monoisotopic (exact) mass is 236 g/mol. The van der Waals surface area contributed by atoms with E-state index in [2.05, 4.69) is 0 Å². The molecule has 0 aliphatic heterocycles. The van der Waals surface area contributed by atoms with Gasteiger partial charge < -0.3 is 19.5 Å². The van der Waals surface area contributed by atoms with Crippen LogP contribution in [0.4, 0.5) is 0 Å². The van der Waals surface area contributed by atoms with Gasteiger partial charge in [-0.25, -0.2) is 0 Å². The summed E-state index contributed by atoms with van der Waals surface area (Å²) >= 11 is 0. The van der Waals surface area contributed by atoms with Crippen LogP contribution in [0, 0.1) is 0 Å². The molecule has 2 rings (SSSR count). The Morgan fingerprint density at radius 1 is 1.35 bits per heavy atom. The first-order valence-electron chi connectivity index (χ1n) is 5.93. The molecule has 0 amide bonds. The van der Waals surface area contributed by atoms with E-state index in [-0.39, 0.29) is 6.79 Å². The summed E-state index contributed by atoms with van der Waals surface area (Å²) in [6.45, 7) is 2.58. The van der Waals surface area contributed by atoms with Crippen LogP contribution >= 0.6 is 0 Å². The Hall–Kier alpha value is -1.04. The fourth-order valence-electron chi connectivity index (χ4n) is 1.75. The Kier molecular flexibility index (Phi) is 4.04. The van der Waals surface area contributed by atoms with Crippen LogP contribution in [0.2, 0.25) is 0 Å². The van der Waals surface area contributed by atoms with E-state index in [1.54, 1.807) is 6.07 Å². The van der Waals surface area contributed by atoms with Crippen molar-refractivity contribution in [2.45, 2.75) is 25.7 Å². The van der Waals surface area contributed by atoms with E-state index in [4.69, 9.17) is 9.47 Å². The molecule has 0 bridgehead atoms. The van der Waals surface area contributed by atoms with Crippen LogP contribution in [0.3, 0.4) is 0 Å². The lowest BCUT2D eigenvalue weighted by molar-refractivity contribution is 0.0229. The van der Waals surface area contributed by atoms with Crippen molar-refractivity contribution in [1.82, 2.24) is 0 Å². The minimum atomic E-state index is -1.51. The standard InChI is InChI=1S/C12H17BO4/c1-2-16-8-17-12-7-10(9-3-4-9)5-6-11(12)13(14)15/h5-7,9,14-15H,2-4,8H2,1H3. The van der Waals surface area contributed by atoms with Crippen molar-refractivity contribution in [3.8, 4) is 5.75 Å². The van der Waals surface area contributed by atoms with Crippen LogP contribution in [0.1, 0.15) is 31.2 Å². The fraction of sp³-hybridized carbons (Fsp3) is 0.500. The molecule has 0 unspecified atom stereocenters. The largest absolute Gasteiger partial charge is 0.492 e. The second-order valence-electron chi connectivity index (χ2n) is 4.20. The molecule has 0 spiro atoms. The van der Waals surface area contributed by atoms with Crippen LogP contribution in [0.5, 0.6) is 5.75 Å². The summed E-state index contributed by atoms with van der Waals surface area (Å²) in [5.74, 6) is 1.10. The fourth-order valence-corrected chi connectivity index (χ4v) is 1.75. The second kappa shape index (κ2) is 5.53. The van der Waals surface area contributed by atoms with Crippen LogP contribution in [0.15, 0.2) is 18.2 Å². The lowest BCUT2D eigenvalue weighted by Crippen LogP contribution is -2.31. The van der Waals surface area contributed by atoms with Gasteiger partial charge in [-0.3, -0.25) is 0 Å². The molecule has 5 heteroatoms. The highest BCUT2D eigenvalue weighted by atomic mass is 16.7. The quantitative estimate of drug-likeness (QED) is 0.431. The Bertz CT molecular complexity index is 377. The average molecular weight is 236 g/mol. The van der Waals surface area contributed by atoms with Crippen molar-refractivity contribution in [2.24, 2.45) is 0 Å². The smallest absolute Gasteiger partial charge is 0.468 e. The van der Waals surface area contributed by atoms with Crippen LogP contribution in [-0.4, -0.2) is 30.6 Å². The van der Waals surface area contributed by atoms with Crippen molar-refractivity contribution in [2.75, 3.05) is 13.4 Å². The molecule has 0 radical (unpaired) electrons. The van der Waals surface area contributed by atoms with E-state index >= 15 is 0 Å². The van der Waals surface area contributed by atoms with Crippen molar-refractivity contribution >= 4 is 12.6 Å². The topological polar surface area (TPSA) is 58.9 Å². The minimum absolute atomic E-state index is 0.129. The first-order chi connectivity index (χ1) is 8.22. The minimum Gasteiger partial charge on any atom is -0.468 e. The van der Waals surface area contributed by atoms with E-state index in [9.17, 15) is 10.0 Å². The molecule has 1 aromatic rings. The zero-order chi connectivity index (χ0) is 12.3. The third-order valence-electron chi connectivity index (χ3n) is 2.87. The van der Waals surface area contributed by atoms with Crippen LogP contribution < -0.4 is 10.2 Å². The van der Waals surface area contributed by atoms with E-state index in [1.807, 2.05) is 19.1 Å². The maximum atomic E-state index is 9.24. The molecule has 1 aliphatic carbocycles. The first-order valence-corrected chi connectivity index (χ1v) is 5.93. The normalized spacial score (nSPS) is 14.8. The number of benzene rings is 1. The second-order valence-corrected chi connectivity index (χ2v) is 4.20. The molecule has 1 fully saturated rings. The highest BCUT2D eigenvalue weighted by Crippen LogP contribution is 2.40. The van der Waals surface area contributed by atoms with Gasteiger partial charge in [-0.15, -0.1) is 0 Å². The summed E-state index contributed by atoms with van der Waals surface area (Å²) in [6.07, 6.45) is 2.40. The third-order valence-corrected chi connectivity index (χ3v) is 2.87. The molecular weight excluding hydrogens is 219 g/mol. The summed E-state index contributed by atoms with van der Waals surface area (Å²) < 4.78 is 10.5. The summed E-state index contributed by atoms with van der Waals surface area (Å²) in [5.41, 5.74) is 1.58. The Labute approximate surface area is 101 Å². The molecular formula is C12H17BO4. The molecule has 1 aromatic carbocycles. The summed E-state index contributed by atoms with van der Waals surface area (Å²) in [7, 11) is -1.51. The first kappa shape index (κ1) is 12.4.